The summed E-state index contributed by atoms with van der Waals surface area (Å²) in [6, 6.07) is 0. The fraction of sp³-hybridized carbons (Fsp3) is 0.875. The van der Waals surface area contributed by atoms with Gasteiger partial charge in [-0.1, -0.05) is 19.0 Å². The van der Waals surface area contributed by atoms with Gasteiger partial charge in [0.15, 0.2) is 0 Å². The van der Waals surface area contributed by atoms with Crippen LogP contribution in [0.1, 0.15) is 33.6 Å². The lowest BCUT2D eigenvalue weighted by Crippen LogP contribution is -2.22. The molecule has 0 saturated carbocycles. The van der Waals surface area contributed by atoms with Crippen LogP contribution in [0.2, 0.25) is 0 Å². The first-order valence-electron chi connectivity index (χ1n) is 3.94. The third kappa shape index (κ3) is 3.37. The highest BCUT2D eigenvalue weighted by atomic mass is 16.4. The van der Waals surface area contributed by atoms with Gasteiger partial charge < -0.3 is 10.9 Å². The van der Waals surface area contributed by atoms with Crippen LogP contribution in [0.3, 0.4) is 0 Å². The minimum Gasteiger partial charge on any atom is -0.411 e. The second-order valence-electron chi connectivity index (χ2n) is 3.46. The zero-order valence-corrected chi connectivity index (χ0v) is 7.59. The van der Waals surface area contributed by atoms with Gasteiger partial charge in [-0.15, -0.1) is 0 Å². The molecule has 0 aromatic carbocycles. The van der Waals surface area contributed by atoms with E-state index in [2.05, 4.69) is 19.0 Å². The fourth-order valence-electron chi connectivity index (χ4n) is 0.860. The van der Waals surface area contributed by atoms with E-state index in [1.807, 2.05) is 6.92 Å². The lowest BCUT2D eigenvalue weighted by Gasteiger charge is -2.22. The highest BCUT2D eigenvalue weighted by Gasteiger charge is 2.20. The zero-order chi connectivity index (χ0) is 8.91. The second kappa shape index (κ2) is 4.34. The first kappa shape index (κ1) is 10.4. The van der Waals surface area contributed by atoms with Gasteiger partial charge in [-0.25, -0.2) is 0 Å². The zero-order valence-electron chi connectivity index (χ0n) is 7.59. The van der Waals surface area contributed by atoms with Crippen LogP contribution < -0.4 is 5.73 Å². The van der Waals surface area contributed by atoms with E-state index in [0.29, 0.717) is 6.54 Å². The normalized spacial score (nSPS) is 13.6. The van der Waals surface area contributed by atoms with Crippen molar-refractivity contribution < 1.29 is 5.21 Å². The number of rotatable bonds is 4. The Morgan fingerprint density at radius 1 is 1.55 bits per heavy atom. The number of hydrogen-bond acceptors (Lipinski definition) is 3. The Labute approximate surface area is 68.3 Å². The van der Waals surface area contributed by atoms with Crippen molar-refractivity contribution in [2.24, 2.45) is 16.3 Å². The second-order valence-corrected chi connectivity index (χ2v) is 3.46. The summed E-state index contributed by atoms with van der Waals surface area (Å²) in [7, 11) is 0. The summed E-state index contributed by atoms with van der Waals surface area (Å²) < 4.78 is 0. The minimum absolute atomic E-state index is 0.0197. The summed E-state index contributed by atoms with van der Waals surface area (Å²) in [5.74, 6) is 0. The monoisotopic (exact) mass is 158 g/mol. The van der Waals surface area contributed by atoms with Crippen LogP contribution in [-0.4, -0.2) is 17.5 Å². The molecule has 0 fully saturated rings. The lowest BCUT2D eigenvalue weighted by molar-refractivity contribution is 0.305. The molecular weight excluding hydrogens is 140 g/mol. The quantitative estimate of drug-likeness (QED) is 0.371. The van der Waals surface area contributed by atoms with E-state index in [1.54, 1.807) is 0 Å². The van der Waals surface area contributed by atoms with E-state index in [-0.39, 0.29) is 5.41 Å². The number of oxime groups is 1. The standard InChI is InChI=1S/C8H18N2O/c1-7(10-11)8(2,3)5-4-6-9/h11H,4-6,9H2,1-3H3. The molecule has 0 aliphatic heterocycles. The van der Waals surface area contributed by atoms with Crippen LogP contribution in [0.15, 0.2) is 5.16 Å². The average molecular weight is 158 g/mol. The molecule has 66 valence electrons. The first-order valence-corrected chi connectivity index (χ1v) is 3.94. The molecule has 0 aromatic rings. The predicted molar refractivity (Wildman–Crippen MR) is 47.0 cm³/mol. The summed E-state index contributed by atoms with van der Waals surface area (Å²) in [6.45, 7) is 6.63. The summed E-state index contributed by atoms with van der Waals surface area (Å²) in [5, 5.41) is 11.7. The van der Waals surface area contributed by atoms with Crippen LogP contribution in [0.4, 0.5) is 0 Å². The summed E-state index contributed by atoms with van der Waals surface area (Å²) in [5.41, 5.74) is 6.12. The van der Waals surface area contributed by atoms with Crippen LogP contribution in [0, 0.1) is 5.41 Å². The lowest BCUT2D eigenvalue weighted by atomic mass is 9.83. The SMILES string of the molecule is CC(=NO)C(C)(C)CCCN. The first-order chi connectivity index (χ1) is 5.04. The molecular formula is C8H18N2O. The van der Waals surface area contributed by atoms with Crippen LogP contribution >= 0.6 is 0 Å². The van der Waals surface area contributed by atoms with E-state index in [0.717, 1.165) is 18.6 Å². The molecule has 3 nitrogen and oxygen atoms in total. The van der Waals surface area contributed by atoms with Gasteiger partial charge in [0.2, 0.25) is 0 Å². The fourth-order valence-corrected chi connectivity index (χ4v) is 0.860. The topological polar surface area (TPSA) is 58.6 Å². The molecule has 0 aliphatic rings. The van der Waals surface area contributed by atoms with Crippen LogP contribution in [0.25, 0.3) is 0 Å². The molecule has 0 rings (SSSR count). The Kier molecular flexibility index (Phi) is 4.11. The van der Waals surface area contributed by atoms with E-state index in [4.69, 9.17) is 10.9 Å². The molecule has 0 saturated heterocycles. The van der Waals surface area contributed by atoms with Crippen molar-refractivity contribution in [3.8, 4) is 0 Å². The van der Waals surface area contributed by atoms with Crippen LogP contribution in [-0.2, 0) is 0 Å². The molecule has 0 spiro atoms. The molecule has 3 heteroatoms. The van der Waals surface area contributed by atoms with Crippen molar-refractivity contribution in [2.75, 3.05) is 6.54 Å². The minimum atomic E-state index is -0.0197. The maximum Gasteiger partial charge on any atom is 0.0596 e. The molecule has 3 N–H and O–H groups in total. The average Bonchev–Trinajstić information content (AvgIpc) is 1.99. The van der Waals surface area contributed by atoms with E-state index in [9.17, 15) is 0 Å². The van der Waals surface area contributed by atoms with Crippen LogP contribution in [0.5, 0.6) is 0 Å². The smallest absolute Gasteiger partial charge is 0.0596 e. The van der Waals surface area contributed by atoms with Gasteiger partial charge in [0, 0.05) is 5.41 Å². The highest BCUT2D eigenvalue weighted by molar-refractivity contribution is 5.86. The van der Waals surface area contributed by atoms with E-state index < -0.39 is 0 Å². The van der Waals surface area contributed by atoms with Crippen molar-refractivity contribution in [3.05, 3.63) is 0 Å². The summed E-state index contributed by atoms with van der Waals surface area (Å²) >= 11 is 0. The van der Waals surface area contributed by atoms with Crippen molar-refractivity contribution in [1.29, 1.82) is 0 Å². The molecule has 0 radical (unpaired) electrons. The molecule has 0 amide bonds. The highest BCUT2D eigenvalue weighted by Crippen LogP contribution is 2.23. The molecule has 0 atom stereocenters. The van der Waals surface area contributed by atoms with Gasteiger partial charge in [0.05, 0.1) is 5.71 Å². The molecule has 11 heavy (non-hydrogen) atoms. The van der Waals surface area contributed by atoms with Crippen molar-refractivity contribution in [2.45, 2.75) is 33.6 Å². The molecule has 0 aromatic heterocycles. The molecule has 0 bridgehead atoms. The van der Waals surface area contributed by atoms with Crippen molar-refractivity contribution >= 4 is 5.71 Å². The third-order valence-electron chi connectivity index (χ3n) is 2.14. The Morgan fingerprint density at radius 3 is 2.45 bits per heavy atom. The van der Waals surface area contributed by atoms with E-state index >= 15 is 0 Å². The number of nitrogens with two attached hydrogens (primary N) is 1. The summed E-state index contributed by atoms with van der Waals surface area (Å²) in [4.78, 5) is 0. The third-order valence-corrected chi connectivity index (χ3v) is 2.14. The van der Waals surface area contributed by atoms with Gasteiger partial charge in [-0.05, 0) is 26.3 Å². The Morgan fingerprint density at radius 2 is 2.09 bits per heavy atom. The van der Waals surface area contributed by atoms with Gasteiger partial charge in [0.1, 0.15) is 0 Å². The Balaban J connectivity index is 3.99. The predicted octanol–water partition coefficient (Wildman–Crippen LogP) is 1.60. The maximum atomic E-state index is 8.53. The molecule has 0 heterocycles. The number of hydrogen-bond donors (Lipinski definition) is 2. The largest absolute Gasteiger partial charge is 0.411 e. The Bertz CT molecular complexity index is 141. The molecule has 0 aliphatic carbocycles. The van der Waals surface area contributed by atoms with Crippen molar-refractivity contribution in [1.82, 2.24) is 0 Å². The molecule has 0 unspecified atom stereocenters. The van der Waals surface area contributed by atoms with E-state index in [1.165, 1.54) is 0 Å². The van der Waals surface area contributed by atoms with Crippen molar-refractivity contribution in [3.63, 3.8) is 0 Å². The van der Waals surface area contributed by atoms with Gasteiger partial charge in [0.25, 0.3) is 0 Å². The van der Waals surface area contributed by atoms with Gasteiger partial charge >= 0.3 is 0 Å². The Hall–Kier alpha value is -0.570. The summed E-state index contributed by atoms with van der Waals surface area (Å²) in [6.07, 6.45) is 1.94. The van der Waals surface area contributed by atoms with Gasteiger partial charge in [-0.3, -0.25) is 0 Å². The van der Waals surface area contributed by atoms with Gasteiger partial charge in [-0.2, -0.15) is 0 Å². The number of nitrogens with zero attached hydrogens (tertiary/aromatic N) is 1. The maximum absolute atomic E-state index is 8.53.